The van der Waals surface area contributed by atoms with Crippen molar-refractivity contribution in [3.05, 3.63) is 66.2 Å². The molecule has 1 fully saturated rings. The van der Waals surface area contributed by atoms with Crippen molar-refractivity contribution in [2.45, 2.75) is 6.04 Å². The van der Waals surface area contributed by atoms with Crippen molar-refractivity contribution in [2.75, 3.05) is 19.7 Å². The number of ether oxygens (including phenoxy) is 1. The van der Waals surface area contributed by atoms with Crippen LogP contribution in [0.1, 0.15) is 11.6 Å². The van der Waals surface area contributed by atoms with Crippen LogP contribution in [0.3, 0.4) is 0 Å². The highest BCUT2D eigenvalue weighted by Crippen LogP contribution is 2.20. The Kier molecular flexibility index (Phi) is 4.36. The topological polar surface area (TPSA) is 24.5 Å². The molecule has 0 saturated carbocycles. The maximum Gasteiger partial charge on any atom is 0.169 e. The highest BCUT2D eigenvalue weighted by Gasteiger charge is 2.26. The second-order valence-corrected chi connectivity index (χ2v) is 5.41. The van der Waals surface area contributed by atoms with Crippen LogP contribution in [0.15, 0.2) is 60.7 Å². The Bertz CT molecular complexity index is 588. The van der Waals surface area contributed by atoms with E-state index in [0.717, 1.165) is 24.0 Å². The number of nitrogens with zero attached hydrogens (tertiary/aromatic N) is 1. The van der Waals surface area contributed by atoms with Crippen LogP contribution in [0.5, 0.6) is 5.75 Å². The average Bonchev–Trinajstić information content (AvgIpc) is 2.91. The molecule has 1 heterocycles. The molecule has 1 N–H and O–H groups in total. The molecule has 1 aliphatic rings. The van der Waals surface area contributed by atoms with Gasteiger partial charge in [-0.15, -0.1) is 0 Å². The Morgan fingerprint density at radius 3 is 2.43 bits per heavy atom. The van der Waals surface area contributed by atoms with Crippen LogP contribution in [0.25, 0.3) is 0 Å². The lowest BCUT2D eigenvalue weighted by atomic mass is 10.1. The van der Waals surface area contributed by atoms with Gasteiger partial charge in [0.05, 0.1) is 12.6 Å². The Balaban J connectivity index is 1.52. The van der Waals surface area contributed by atoms with Gasteiger partial charge in [0.1, 0.15) is 12.4 Å². The lowest BCUT2D eigenvalue weighted by molar-refractivity contribution is 0.274. The fraction of sp³-hybridized carbons (Fsp3) is 0.235. The number of thiocarbonyl (C=S) groups is 1. The molecule has 2 aromatic carbocycles. The maximum atomic E-state index is 5.73. The number of benzene rings is 2. The molecule has 108 valence electrons. The first kappa shape index (κ1) is 13.9. The van der Waals surface area contributed by atoms with Crippen LogP contribution in [0, 0.1) is 0 Å². The predicted octanol–water partition coefficient (Wildman–Crippen LogP) is 3.00. The molecule has 0 aliphatic carbocycles. The van der Waals surface area contributed by atoms with Gasteiger partial charge in [-0.3, -0.25) is 0 Å². The van der Waals surface area contributed by atoms with Crippen molar-refractivity contribution in [2.24, 2.45) is 0 Å². The molecule has 3 nitrogen and oxygen atoms in total. The fourth-order valence-electron chi connectivity index (χ4n) is 2.45. The molecule has 0 aromatic heterocycles. The summed E-state index contributed by atoms with van der Waals surface area (Å²) < 4.78 is 5.73. The van der Waals surface area contributed by atoms with Crippen molar-refractivity contribution in [3.8, 4) is 5.75 Å². The van der Waals surface area contributed by atoms with E-state index in [1.165, 1.54) is 5.56 Å². The normalized spacial score (nSPS) is 17.6. The third kappa shape index (κ3) is 3.52. The minimum absolute atomic E-state index is 0.274. The molecule has 21 heavy (non-hydrogen) atoms. The van der Waals surface area contributed by atoms with Gasteiger partial charge < -0.3 is 15.0 Å². The molecule has 1 unspecified atom stereocenters. The van der Waals surface area contributed by atoms with Gasteiger partial charge in [0.2, 0.25) is 0 Å². The molecule has 1 aliphatic heterocycles. The quantitative estimate of drug-likeness (QED) is 0.858. The van der Waals surface area contributed by atoms with Gasteiger partial charge in [0, 0.05) is 6.54 Å². The molecule has 0 radical (unpaired) electrons. The molecule has 4 heteroatoms. The Morgan fingerprint density at radius 1 is 1.05 bits per heavy atom. The summed E-state index contributed by atoms with van der Waals surface area (Å²) in [7, 11) is 0. The van der Waals surface area contributed by atoms with Crippen LogP contribution in [0.2, 0.25) is 0 Å². The summed E-state index contributed by atoms with van der Waals surface area (Å²) in [5.41, 5.74) is 1.27. The van der Waals surface area contributed by atoms with Crippen molar-refractivity contribution in [1.29, 1.82) is 0 Å². The van der Waals surface area contributed by atoms with E-state index >= 15 is 0 Å². The van der Waals surface area contributed by atoms with Crippen LogP contribution in [0.4, 0.5) is 0 Å². The minimum Gasteiger partial charge on any atom is -0.492 e. The van der Waals surface area contributed by atoms with Crippen molar-refractivity contribution in [1.82, 2.24) is 10.2 Å². The molecular formula is C17H18N2OS. The SMILES string of the molecule is S=C1NC(c2ccccc2)CN1CCOc1ccccc1. The molecule has 0 bridgehead atoms. The van der Waals surface area contributed by atoms with Crippen molar-refractivity contribution < 1.29 is 4.74 Å². The number of hydrogen-bond donors (Lipinski definition) is 1. The first-order chi connectivity index (χ1) is 10.3. The fourth-order valence-corrected chi connectivity index (χ4v) is 2.75. The van der Waals surface area contributed by atoms with Crippen molar-refractivity contribution in [3.63, 3.8) is 0 Å². The van der Waals surface area contributed by atoms with E-state index < -0.39 is 0 Å². The number of hydrogen-bond acceptors (Lipinski definition) is 2. The van der Waals surface area contributed by atoms with Gasteiger partial charge in [0.15, 0.2) is 5.11 Å². The lowest BCUT2D eigenvalue weighted by Gasteiger charge is -2.17. The summed E-state index contributed by atoms with van der Waals surface area (Å²) >= 11 is 5.41. The molecule has 3 rings (SSSR count). The first-order valence-corrected chi connectivity index (χ1v) is 7.52. The van der Waals surface area contributed by atoms with E-state index in [9.17, 15) is 0 Å². The number of nitrogens with one attached hydrogen (secondary N) is 1. The third-order valence-electron chi connectivity index (χ3n) is 3.56. The predicted molar refractivity (Wildman–Crippen MR) is 88.4 cm³/mol. The van der Waals surface area contributed by atoms with Gasteiger partial charge >= 0.3 is 0 Å². The zero-order chi connectivity index (χ0) is 14.5. The van der Waals surface area contributed by atoms with Crippen LogP contribution >= 0.6 is 12.2 Å². The number of rotatable bonds is 5. The van der Waals surface area contributed by atoms with Crippen LogP contribution in [-0.2, 0) is 0 Å². The van der Waals surface area contributed by atoms with E-state index in [-0.39, 0.29) is 6.04 Å². The second-order valence-electron chi connectivity index (χ2n) is 5.02. The van der Waals surface area contributed by atoms with E-state index in [1.807, 2.05) is 36.4 Å². The van der Waals surface area contributed by atoms with Crippen molar-refractivity contribution >= 4 is 17.3 Å². The molecule has 0 amide bonds. The number of para-hydroxylation sites is 1. The first-order valence-electron chi connectivity index (χ1n) is 7.11. The monoisotopic (exact) mass is 298 g/mol. The summed E-state index contributed by atoms with van der Waals surface area (Å²) in [5.74, 6) is 0.898. The maximum absolute atomic E-state index is 5.73. The summed E-state index contributed by atoms with van der Waals surface area (Å²) in [5, 5.41) is 4.18. The summed E-state index contributed by atoms with van der Waals surface area (Å²) in [6.45, 7) is 2.32. The van der Waals surface area contributed by atoms with Gasteiger partial charge in [0.25, 0.3) is 0 Å². The Hall–Kier alpha value is -2.07. The minimum atomic E-state index is 0.274. The molecule has 1 saturated heterocycles. The van der Waals surface area contributed by atoms with Crippen LogP contribution in [-0.4, -0.2) is 29.7 Å². The molecule has 0 spiro atoms. The van der Waals surface area contributed by atoms with E-state index in [0.29, 0.717) is 6.61 Å². The van der Waals surface area contributed by atoms with E-state index in [1.54, 1.807) is 0 Å². The third-order valence-corrected chi connectivity index (χ3v) is 3.94. The zero-order valence-electron chi connectivity index (χ0n) is 11.7. The Labute approximate surface area is 130 Å². The largest absolute Gasteiger partial charge is 0.492 e. The smallest absolute Gasteiger partial charge is 0.169 e. The molecule has 2 aromatic rings. The highest BCUT2D eigenvalue weighted by molar-refractivity contribution is 7.80. The highest BCUT2D eigenvalue weighted by atomic mass is 32.1. The van der Waals surface area contributed by atoms with Crippen LogP contribution < -0.4 is 10.1 Å². The standard InChI is InChI=1S/C17H18N2OS/c21-17-18-16(14-7-3-1-4-8-14)13-19(17)11-12-20-15-9-5-2-6-10-15/h1-10,16H,11-13H2,(H,18,21). The van der Waals surface area contributed by atoms with Gasteiger partial charge in [-0.2, -0.15) is 0 Å². The van der Waals surface area contributed by atoms with Gasteiger partial charge in [-0.05, 0) is 29.9 Å². The van der Waals surface area contributed by atoms with Gasteiger partial charge in [-0.1, -0.05) is 48.5 Å². The summed E-state index contributed by atoms with van der Waals surface area (Å²) in [6, 6.07) is 20.5. The molecule has 1 atom stereocenters. The second kappa shape index (κ2) is 6.59. The lowest BCUT2D eigenvalue weighted by Crippen LogP contribution is -2.31. The van der Waals surface area contributed by atoms with Gasteiger partial charge in [-0.25, -0.2) is 0 Å². The van der Waals surface area contributed by atoms with E-state index in [4.69, 9.17) is 17.0 Å². The Morgan fingerprint density at radius 2 is 1.71 bits per heavy atom. The average molecular weight is 298 g/mol. The molecular weight excluding hydrogens is 280 g/mol. The summed E-state index contributed by atoms with van der Waals surface area (Å²) in [6.07, 6.45) is 0. The summed E-state index contributed by atoms with van der Waals surface area (Å²) in [4.78, 5) is 2.16. The van der Waals surface area contributed by atoms with E-state index in [2.05, 4.69) is 34.5 Å². The zero-order valence-corrected chi connectivity index (χ0v) is 12.6.